The second kappa shape index (κ2) is 5.47. The van der Waals surface area contributed by atoms with Crippen LogP contribution in [0.15, 0.2) is 29.4 Å². The lowest BCUT2D eigenvalue weighted by Crippen LogP contribution is -2.34. The Balaban J connectivity index is 1.85. The summed E-state index contributed by atoms with van der Waals surface area (Å²) in [7, 11) is 0. The number of nitrogens with zero attached hydrogens (tertiary/aromatic N) is 3. The Kier molecular flexibility index (Phi) is 3.66. The molecule has 1 amide bonds. The molecule has 1 aromatic rings. The minimum Gasteiger partial charge on any atom is -0.339 e. The maximum absolute atomic E-state index is 12.7. The van der Waals surface area contributed by atoms with E-state index in [2.05, 4.69) is 4.99 Å². The molecule has 2 aliphatic rings. The summed E-state index contributed by atoms with van der Waals surface area (Å²) in [6.07, 6.45) is 4.24. The van der Waals surface area contributed by atoms with Crippen LogP contribution < -0.4 is 5.49 Å². The third-order valence-corrected chi connectivity index (χ3v) is 3.96. The van der Waals surface area contributed by atoms with Crippen molar-refractivity contribution in [3.8, 4) is 0 Å². The summed E-state index contributed by atoms with van der Waals surface area (Å²) >= 11 is 0. The van der Waals surface area contributed by atoms with Crippen LogP contribution in [0.2, 0.25) is 0 Å². The maximum Gasteiger partial charge on any atom is 0.237 e. The summed E-state index contributed by atoms with van der Waals surface area (Å²) in [5.41, 5.74) is 0.662. The number of hydrogen-bond acceptors (Lipinski definition) is 3. The van der Waals surface area contributed by atoms with Crippen LogP contribution in [-0.2, 0) is 4.79 Å². The number of carbonyl (C=O) groups excluding carboxylic acids is 2. The van der Waals surface area contributed by atoms with Crippen molar-refractivity contribution in [2.24, 2.45) is 10.9 Å². The van der Waals surface area contributed by atoms with Gasteiger partial charge in [0.2, 0.25) is 11.8 Å². The predicted octanol–water partition coefficient (Wildman–Crippen LogP) is 1.45. The molecule has 0 spiro atoms. The predicted molar refractivity (Wildman–Crippen MR) is 78.6 cm³/mol. The van der Waals surface area contributed by atoms with Crippen LogP contribution in [0.3, 0.4) is 0 Å². The number of carbonyl (C=O) groups is 2. The van der Waals surface area contributed by atoms with E-state index in [1.807, 2.05) is 36.9 Å². The molecule has 0 radical (unpaired) electrons. The van der Waals surface area contributed by atoms with Crippen molar-refractivity contribution in [3.63, 3.8) is 0 Å². The van der Waals surface area contributed by atoms with E-state index in [9.17, 15) is 9.59 Å². The fourth-order valence-electron chi connectivity index (χ4n) is 2.82. The molecule has 1 atom stereocenters. The Morgan fingerprint density at radius 2 is 2.10 bits per heavy atom. The lowest BCUT2D eigenvalue weighted by Gasteiger charge is -2.15. The lowest BCUT2D eigenvalue weighted by molar-refractivity contribution is -0.128. The second-order valence-electron chi connectivity index (χ2n) is 6.17. The highest BCUT2D eigenvalue weighted by atomic mass is 16.2. The van der Waals surface area contributed by atoms with Gasteiger partial charge in [0, 0.05) is 31.2 Å². The molecule has 2 fully saturated rings. The third-order valence-electron chi connectivity index (χ3n) is 3.96. The molecule has 0 bridgehead atoms. The quantitative estimate of drug-likeness (QED) is 0.845. The van der Waals surface area contributed by atoms with E-state index in [1.165, 1.54) is 0 Å². The van der Waals surface area contributed by atoms with Gasteiger partial charge < -0.3 is 4.90 Å². The Bertz CT molecular complexity index is 628. The van der Waals surface area contributed by atoms with Crippen molar-refractivity contribution in [1.82, 2.24) is 9.47 Å². The molecule has 21 heavy (non-hydrogen) atoms. The molecule has 5 heteroatoms. The van der Waals surface area contributed by atoms with Gasteiger partial charge in [-0.2, -0.15) is 0 Å². The van der Waals surface area contributed by atoms with Gasteiger partial charge in [-0.1, -0.05) is 6.07 Å². The fraction of sp³-hybridized carbons (Fsp3) is 0.562. The molecule has 1 saturated carbocycles. The van der Waals surface area contributed by atoms with Crippen molar-refractivity contribution in [1.29, 1.82) is 0 Å². The molecule has 1 aliphatic heterocycles. The third kappa shape index (κ3) is 2.91. The Hall–Kier alpha value is -1.91. The van der Waals surface area contributed by atoms with E-state index in [4.69, 9.17) is 0 Å². The van der Waals surface area contributed by atoms with Gasteiger partial charge in [0.15, 0.2) is 0 Å². The van der Waals surface area contributed by atoms with Crippen molar-refractivity contribution in [3.05, 3.63) is 29.9 Å². The topological polar surface area (TPSA) is 54.7 Å². The summed E-state index contributed by atoms with van der Waals surface area (Å²) < 4.78 is 1.59. The second-order valence-corrected chi connectivity index (χ2v) is 6.17. The van der Waals surface area contributed by atoms with Crippen LogP contribution in [0.1, 0.15) is 37.9 Å². The largest absolute Gasteiger partial charge is 0.339 e. The number of amides is 1. The van der Waals surface area contributed by atoms with E-state index in [0.29, 0.717) is 24.5 Å². The monoisotopic (exact) mass is 287 g/mol. The van der Waals surface area contributed by atoms with Crippen molar-refractivity contribution in [2.45, 2.75) is 45.2 Å². The van der Waals surface area contributed by atoms with Crippen LogP contribution >= 0.6 is 0 Å². The summed E-state index contributed by atoms with van der Waals surface area (Å²) in [6.45, 7) is 4.52. The number of likely N-dealkylation sites (tertiary alicyclic amines) is 1. The summed E-state index contributed by atoms with van der Waals surface area (Å²) in [5.74, 6) is -0.146. The molecule has 3 rings (SSSR count). The fourth-order valence-corrected chi connectivity index (χ4v) is 2.82. The van der Waals surface area contributed by atoms with Crippen LogP contribution in [0, 0.1) is 5.92 Å². The van der Waals surface area contributed by atoms with Gasteiger partial charge in [0.25, 0.3) is 0 Å². The van der Waals surface area contributed by atoms with Crippen molar-refractivity contribution in [2.75, 3.05) is 6.54 Å². The van der Waals surface area contributed by atoms with Crippen molar-refractivity contribution >= 4 is 11.8 Å². The summed E-state index contributed by atoms with van der Waals surface area (Å²) in [6, 6.07) is 6.05. The molecule has 1 saturated heterocycles. The van der Waals surface area contributed by atoms with Crippen LogP contribution in [0.5, 0.6) is 0 Å². The zero-order chi connectivity index (χ0) is 15.0. The Morgan fingerprint density at radius 3 is 2.76 bits per heavy atom. The Labute approximate surface area is 124 Å². The summed E-state index contributed by atoms with van der Waals surface area (Å²) in [4.78, 5) is 31.1. The van der Waals surface area contributed by atoms with Crippen LogP contribution in [-0.4, -0.2) is 39.9 Å². The van der Waals surface area contributed by atoms with Crippen LogP contribution in [0.4, 0.5) is 0 Å². The highest BCUT2D eigenvalue weighted by Gasteiger charge is 2.42. The van der Waals surface area contributed by atoms with Crippen LogP contribution in [0.25, 0.3) is 0 Å². The van der Waals surface area contributed by atoms with Gasteiger partial charge in [-0.3, -0.25) is 19.1 Å². The van der Waals surface area contributed by atoms with Gasteiger partial charge >= 0.3 is 0 Å². The molecule has 1 aromatic heterocycles. The number of aromatic nitrogens is 1. The molecule has 0 aromatic carbocycles. The SMILES string of the molecule is CC(C)N=c1ccccn1C(=O)C1CC(=O)N(C2CC2)C1. The first-order valence-electron chi connectivity index (χ1n) is 7.61. The molecule has 2 heterocycles. The van der Waals surface area contributed by atoms with E-state index in [-0.39, 0.29) is 23.8 Å². The maximum atomic E-state index is 12.7. The number of pyridine rings is 1. The smallest absolute Gasteiger partial charge is 0.237 e. The normalized spacial score (nSPS) is 23.2. The van der Waals surface area contributed by atoms with E-state index in [1.54, 1.807) is 10.8 Å². The lowest BCUT2D eigenvalue weighted by atomic mass is 10.1. The molecule has 1 aliphatic carbocycles. The van der Waals surface area contributed by atoms with Gasteiger partial charge in [0.05, 0.1) is 5.92 Å². The van der Waals surface area contributed by atoms with E-state index in [0.717, 1.165) is 12.8 Å². The first-order chi connectivity index (χ1) is 10.1. The first-order valence-corrected chi connectivity index (χ1v) is 7.61. The van der Waals surface area contributed by atoms with E-state index >= 15 is 0 Å². The minimum atomic E-state index is -0.244. The number of hydrogen-bond donors (Lipinski definition) is 0. The standard InChI is InChI=1S/C16H21N3O2/c1-11(2)17-14-5-3-4-8-18(14)16(21)12-9-15(20)19(10-12)13-6-7-13/h3-5,8,11-13H,6-7,9-10H2,1-2H3. The molecule has 1 unspecified atom stereocenters. The minimum absolute atomic E-state index is 0.0218. The van der Waals surface area contributed by atoms with Crippen molar-refractivity contribution < 1.29 is 9.59 Å². The highest BCUT2D eigenvalue weighted by Crippen LogP contribution is 2.32. The van der Waals surface area contributed by atoms with Gasteiger partial charge in [-0.15, -0.1) is 0 Å². The summed E-state index contributed by atoms with van der Waals surface area (Å²) in [5, 5.41) is 0. The van der Waals surface area contributed by atoms with E-state index < -0.39 is 0 Å². The molecule has 0 N–H and O–H groups in total. The highest BCUT2D eigenvalue weighted by molar-refractivity contribution is 5.90. The van der Waals surface area contributed by atoms with Gasteiger partial charge in [-0.05, 0) is 38.8 Å². The first kappa shape index (κ1) is 14.0. The van der Waals surface area contributed by atoms with Gasteiger partial charge in [-0.25, -0.2) is 0 Å². The average molecular weight is 287 g/mol. The molecule has 112 valence electrons. The molecular formula is C16H21N3O2. The zero-order valence-corrected chi connectivity index (χ0v) is 12.5. The van der Waals surface area contributed by atoms with Gasteiger partial charge in [0.1, 0.15) is 5.49 Å². The number of rotatable bonds is 3. The molecule has 5 nitrogen and oxygen atoms in total. The molecular weight excluding hydrogens is 266 g/mol. The zero-order valence-electron chi connectivity index (χ0n) is 12.5. The average Bonchev–Trinajstić information content (AvgIpc) is 3.21. The Morgan fingerprint density at radius 1 is 1.33 bits per heavy atom.